The van der Waals surface area contributed by atoms with Gasteiger partial charge >= 0.3 is 0 Å². The SMILES string of the molecule is N#CCCCC=CS. The topological polar surface area (TPSA) is 23.8 Å². The Bertz CT molecular complexity index is 102. The van der Waals surface area contributed by atoms with Crippen LogP contribution in [0.5, 0.6) is 0 Å². The minimum absolute atomic E-state index is 0.651. The highest BCUT2D eigenvalue weighted by Gasteiger charge is 1.78. The van der Waals surface area contributed by atoms with Crippen LogP contribution in [-0.2, 0) is 0 Å². The van der Waals surface area contributed by atoms with Crippen molar-refractivity contribution in [1.82, 2.24) is 0 Å². The zero-order valence-electron chi connectivity index (χ0n) is 4.67. The van der Waals surface area contributed by atoms with Crippen molar-refractivity contribution < 1.29 is 0 Å². The second kappa shape index (κ2) is 6.58. The predicted molar refractivity (Wildman–Crippen MR) is 37.6 cm³/mol. The standard InChI is InChI=1S/C6H9NS/c7-5-3-1-2-4-6-8/h4,6,8H,1-3H2. The Hall–Kier alpha value is -0.420. The van der Waals surface area contributed by atoms with Gasteiger partial charge in [-0.05, 0) is 18.2 Å². The zero-order chi connectivity index (χ0) is 6.24. The Balaban J connectivity index is 2.85. The molecule has 0 saturated carbocycles. The molecule has 0 bridgehead atoms. The third-order valence-corrected chi connectivity index (χ3v) is 0.976. The normalized spacial score (nSPS) is 9.50. The number of thiol groups is 1. The Morgan fingerprint density at radius 1 is 1.62 bits per heavy atom. The van der Waals surface area contributed by atoms with Crippen LogP contribution >= 0.6 is 12.6 Å². The summed E-state index contributed by atoms with van der Waals surface area (Å²) in [5.74, 6) is 0. The third kappa shape index (κ3) is 5.58. The number of nitriles is 1. The summed E-state index contributed by atoms with van der Waals surface area (Å²) < 4.78 is 0. The van der Waals surface area contributed by atoms with E-state index in [2.05, 4.69) is 18.7 Å². The second-order valence-electron chi connectivity index (χ2n) is 1.44. The summed E-state index contributed by atoms with van der Waals surface area (Å²) in [6, 6.07) is 2.07. The molecule has 0 unspecified atom stereocenters. The molecule has 0 atom stereocenters. The highest BCUT2D eigenvalue weighted by molar-refractivity contribution is 7.83. The smallest absolute Gasteiger partial charge is 0.0621 e. The molecule has 0 heterocycles. The van der Waals surface area contributed by atoms with Crippen molar-refractivity contribution in [3.63, 3.8) is 0 Å². The van der Waals surface area contributed by atoms with Gasteiger partial charge in [0.15, 0.2) is 0 Å². The van der Waals surface area contributed by atoms with E-state index in [-0.39, 0.29) is 0 Å². The average Bonchev–Trinajstić information content (AvgIpc) is 1.81. The molecule has 0 aromatic rings. The zero-order valence-corrected chi connectivity index (χ0v) is 5.56. The van der Waals surface area contributed by atoms with Crippen molar-refractivity contribution in [3.05, 3.63) is 11.5 Å². The molecule has 44 valence electrons. The molecule has 0 saturated heterocycles. The number of hydrogen-bond acceptors (Lipinski definition) is 2. The van der Waals surface area contributed by atoms with E-state index in [1.807, 2.05) is 6.08 Å². The van der Waals surface area contributed by atoms with E-state index in [1.165, 1.54) is 0 Å². The van der Waals surface area contributed by atoms with Crippen molar-refractivity contribution in [1.29, 1.82) is 5.26 Å². The van der Waals surface area contributed by atoms with E-state index in [1.54, 1.807) is 5.41 Å². The maximum atomic E-state index is 8.07. The fraction of sp³-hybridized carbons (Fsp3) is 0.500. The van der Waals surface area contributed by atoms with Crippen LogP contribution in [0.4, 0.5) is 0 Å². The van der Waals surface area contributed by atoms with E-state index in [0.717, 1.165) is 12.8 Å². The molecule has 0 aliphatic carbocycles. The van der Waals surface area contributed by atoms with Gasteiger partial charge < -0.3 is 0 Å². The number of nitrogens with zero attached hydrogens (tertiary/aromatic N) is 1. The number of unbranched alkanes of at least 4 members (excludes halogenated alkanes) is 2. The van der Waals surface area contributed by atoms with Crippen LogP contribution in [0, 0.1) is 11.3 Å². The van der Waals surface area contributed by atoms with Crippen LogP contribution in [-0.4, -0.2) is 0 Å². The van der Waals surface area contributed by atoms with Crippen LogP contribution in [0.3, 0.4) is 0 Å². The molecule has 0 aliphatic heterocycles. The summed E-state index contributed by atoms with van der Waals surface area (Å²) >= 11 is 3.86. The molecule has 1 nitrogen and oxygen atoms in total. The van der Waals surface area contributed by atoms with Crippen LogP contribution in [0.1, 0.15) is 19.3 Å². The molecule has 0 aliphatic rings. The molecule has 0 aromatic heterocycles. The summed E-state index contributed by atoms with van der Waals surface area (Å²) in [5, 5.41) is 9.78. The molecule has 0 N–H and O–H groups in total. The van der Waals surface area contributed by atoms with Gasteiger partial charge in [0.1, 0.15) is 0 Å². The summed E-state index contributed by atoms with van der Waals surface area (Å²) in [4.78, 5) is 0. The van der Waals surface area contributed by atoms with Crippen LogP contribution in [0.2, 0.25) is 0 Å². The van der Waals surface area contributed by atoms with Crippen molar-refractivity contribution >= 4 is 12.6 Å². The Morgan fingerprint density at radius 3 is 2.88 bits per heavy atom. The van der Waals surface area contributed by atoms with Crippen LogP contribution in [0.25, 0.3) is 0 Å². The maximum Gasteiger partial charge on any atom is 0.0621 e. The average molecular weight is 127 g/mol. The molecule has 0 amide bonds. The second-order valence-corrected chi connectivity index (χ2v) is 1.73. The summed E-state index contributed by atoms with van der Waals surface area (Å²) in [6.45, 7) is 0. The van der Waals surface area contributed by atoms with Crippen LogP contribution < -0.4 is 0 Å². The van der Waals surface area contributed by atoms with Gasteiger partial charge in [-0.25, -0.2) is 0 Å². The van der Waals surface area contributed by atoms with Crippen LogP contribution in [0.15, 0.2) is 11.5 Å². The lowest BCUT2D eigenvalue weighted by Crippen LogP contribution is -1.65. The molecular formula is C6H9NS. The monoisotopic (exact) mass is 127 g/mol. The van der Waals surface area contributed by atoms with Gasteiger partial charge in [-0.1, -0.05) is 6.08 Å². The third-order valence-electron chi connectivity index (χ3n) is 0.765. The van der Waals surface area contributed by atoms with E-state index in [0.29, 0.717) is 6.42 Å². The van der Waals surface area contributed by atoms with Gasteiger partial charge in [-0.3, -0.25) is 0 Å². The molecule has 0 fully saturated rings. The fourth-order valence-corrected chi connectivity index (χ4v) is 0.523. The lowest BCUT2D eigenvalue weighted by molar-refractivity contribution is 0.878. The first-order chi connectivity index (χ1) is 3.91. The van der Waals surface area contributed by atoms with Crippen molar-refractivity contribution in [2.45, 2.75) is 19.3 Å². The lowest BCUT2D eigenvalue weighted by Gasteiger charge is -1.81. The molecule has 0 rings (SSSR count). The lowest BCUT2D eigenvalue weighted by atomic mass is 10.2. The van der Waals surface area contributed by atoms with Gasteiger partial charge in [0.2, 0.25) is 0 Å². The van der Waals surface area contributed by atoms with Crippen molar-refractivity contribution in [2.75, 3.05) is 0 Å². The van der Waals surface area contributed by atoms with E-state index < -0.39 is 0 Å². The molecule has 0 spiro atoms. The molecule has 8 heavy (non-hydrogen) atoms. The highest BCUT2D eigenvalue weighted by Crippen LogP contribution is 1.94. The van der Waals surface area contributed by atoms with Gasteiger partial charge in [0.25, 0.3) is 0 Å². The fourth-order valence-electron chi connectivity index (χ4n) is 0.374. The molecule has 2 heteroatoms. The number of hydrogen-bond donors (Lipinski definition) is 1. The Morgan fingerprint density at radius 2 is 2.38 bits per heavy atom. The maximum absolute atomic E-state index is 8.07. The minimum Gasteiger partial charge on any atom is -0.198 e. The Labute approximate surface area is 55.4 Å². The summed E-state index contributed by atoms with van der Waals surface area (Å²) in [5.41, 5.74) is 0. The number of rotatable bonds is 3. The van der Waals surface area contributed by atoms with Gasteiger partial charge in [-0.2, -0.15) is 17.9 Å². The predicted octanol–water partition coefficient (Wildman–Crippen LogP) is 2.12. The quantitative estimate of drug-likeness (QED) is 0.455. The van der Waals surface area contributed by atoms with Gasteiger partial charge in [0, 0.05) is 6.42 Å². The van der Waals surface area contributed by atoms with E-state index in [4.69, 9.17) is 5.26 Å². The first-order valence-electron chi connectivity index (χ1n) is 2.58. The molecule has 0 radical (unpaired) electrons. The molecule has 0 aromatic carbocycles. The first-order valence-corrected chi connectivity index (χ1v) is 3.09. The van der Waals surface area contributed by atoms with E-state index >= 15 is 0 Å². The summed E-state index contributed by atoms with van der Waals surface area (Å²) in [7, 11) is 0. The largest absolute Gasteiger partial charge is 0.198 e. The van der Waals surface area contributed by atoms with E-state index in [9.17, 15) is 0 Å². The van der Waals surface area contributed by atoms with Gasteiger partial charge in [-0.15, -0.1) is 0 Å². The van der Waals surface area contributed by atoms with Crippen molar-refractivity contribution in [3.8, 4) is 6.07 Å². The molecular weight excluding hydrogens is 118 g/mol. The highest BCUT2D eigenvalue weighted by atomic mass is 32.1. The van der Waals surface area contributed by atoms with Crippen molar-refractivity contribution in [2.24, 2.45) is 0 Å². The first kappa shape index (κ1) is 7.58. The Kier molecular flexibility index (Phi) is 6.23. The van der Waals surface area contributed by atoms with Gasteiger partial charge in [0.05, 0.1) is 6.07 Å². The minimum atomic E-state index is 0.651. The number of allylic oxidation sites excluding steroid dienone is 1. The summed E-state index contributed by atoms with van der Waals surface area (Å²) in [6.07, 6.45) is 4.52.